The highest BCUT2D eigenvalue weighted by atomic mass is 16.5. The molecule has 0 spiro atoms. The van der Waals surface area contributed by atoms with Gasteiger partial charge in [-0.25, -0.2) is 0 Å². The first-order chi connectivity index (χ1) is 9.02. The summed E-state index contributed by atoms with van der Waals surface area (Å²) in [6, 6.07) is 3.38. The molecule has 1 heterocycles. The van der Waals surface area contributed by atoms with E-state index in [0.29, 0.717) is 18.9 Å². The molecule has 4 nitrogen and oxygen atoms in total. The molecule has 0 fully saturated rings. The highest BCUT2D eigenvalue weighted by molar-refractivity contribution is 5.50. The maximum atomic E-state index is 10.1. The number of ether oxygens (including phenoxy) is 1. The minimum absolute atomic E-state index is 0.00987. The van der Waals surface area contributed by atoms with Crippen molar-refractivity contribution < 1.29 is 14.9 Å². The highest BCUT2D eigenvalue weighted by Gasteiger charge is 2.30. The number of aromatic hydroxyl groups is 2. The molecule has 1 aliphatic heterocycles. The molecule has 0 bridgehead atoms. The van der Waals surface area contributed by atoms with Gasteiger partial charge in [-0.1, -0.05) is 19.9 Å². The van der Waals surface area contributed by atoms with Crippen LogP contribution in [-0.2, 0) is 11.2 Å². The topological polar surface area (TPSA) is 61.7 Å². The van der Waals surface area contributed by atoms with Crippen molar-refractivity contribution in [3.8, 4) is 11.5 Å². The minimum atomic E-state index is -0.0657. The Balaban J connectivity index is 2.32. The van der Waals surface area contributed by atoms with Crippen molar-refractivity contribution in [2.75, 3.05) is 13.6 Å². The van der Waals surface area contributed by atoms with Crippen LogP contribution in [0.15, 0.2) is 12.1 Å². The summed E-state index contributed by atoms with van der Waals surface area (Å²) in [5.74, 6) is 0.504. The molecule has 1 aromatic rings. The van der Waals surface area contributed by atoms with Crippen molar-refractivity contribution in [1.82, 2.24) is 5.32 Å². The molecular weight excluding hydrogens is 242 g/mol. The molecule has 2 atom stereocenters. The first-order valence-corrected chi connectivity index (χ1v) is 6.86. The Hall–Kier alpha value is -1.26. The standard InChI is InChI=1S/C15H23NO3/c1-9(2)6-10-7-12-11(14(19-10)8-16-3)4-5-13(17)15(12)18/h4-5,9-10,14,16-18H,6-8H2,1-3H3/t10-,14+/m1/s1. The number of nitrogens with one attached hydrogen (secondary N) is 1. The number of hydrogen-bond donors (Lipinski definition) is 3. The van der Waals surface area contributed by atoms with Gasteiger partial charge in [0.15, 0.2) is 11.5 Å². The van der Waals surface area contributed by atoms with E-state index in [4.69, 9.17) is 4.74 Å². The molecular formula is C15H23NO3. The molecule has 0 saturated heterocycles. The van der Waals surface area contributed by atoms with Gasteiger partial charge < -0.3 is 20.3 Å². The Morgan fingerprint density at radius 1 is 1.37 bits per heavy atom. The SMILES string of the molecule is CNC[C@@H]1O[C@H](CC(C)C)Cc2c1ccc(O)c2O. The van der Waals surface area contributed by atoms with Gasteiger partial charge in [-0.3, -0.25) is 0 Å². The third kappa shape index (κ3) is 3.01. The number of rotatable bonds is 4. The lowest BCUT2D eigenvalue weighted by molar-refractivity contribution is -0.0339. The third-order valence-corrected chi connectivity index (χ3v) is 3.56. The van der Waals surface area contributed by atoms with Crippen LogP contribution in [0.3, 0.4) is 0 Å². The molecule has 19 heavy (non-hydrogen) atoms. The molecule has 0 unspecified atom stereocenters. The summed E-state index contributed by atoms with van der Waals surface area (Å²) in [6.07, 6.45) is 1.64. The van der Waals surface area contributed by atoms with Crippen molar-refractivity contribution >= 4 is 0 Å². The molecule has 106 valence electrons. The largest absolute Gasteiger partial charge is 0.504 e. The summed E-state index contributed by atoms with van der Waals surface area (Å²) in [5, 5.41) is 22.8. The molecule has 0 amide bonds. The number of phenols is 2. The van der Waals surface area contributed by atoms with Gasteiger partial charge in [-0.2, -0.15) is 0 Å². The maximum Gasteiger partial charge on any atom is 0.161 e. The number of hydrogen-bond acceptors (Lipinski definition) is 4. The van der Waals surface area contributed by atoms with E-state index in [9.17, 15) is 10.2 Å². The van der Waals surface area contributed by atoms with Crippen molar-refractivity contribution in [2.24, 2.45) is 5.92 Å². The van der Waals surface area contributed by atoms with E-state index in [0.717, 1.165) is 17.5 Å². The van der Waals surface area contributed by atoms with Gasteiger partial charge >= 0.3 is 0 Å². The smallest absolute Gasteiger partial charge is 0.161 e. The lowest BCUT2D eigenvalue weighted by Gasteiger charge is -2.33. The van der Waals surface area contributed by atoms with E-state index in [1.807, 2.05) is 13.1 Å². The number of benzene rings is 1. The van der Waals surface area contributed by atoms with Crippen LogP contribution >= 0.6 is 0 Å². The van der Waals surface area contributed by atoms with E-state index in [1.54, 1.807) is 0 Å². The monoisotopic (exact) mass is 265 g/mol. The second-order valence-corrected chi connectivity index (χ2v) is 5.64. The zero-order valence-corrected chi connectivity index (χ0v) is 11.8. The molecule has 0 radical (unpaired) electrons. The van der Waals surface area contributed by atoms with Gasteiger partial charge in [0.05, 0.1) is 12.2 Å². The fourth-order valence-corrected chi connectivity index (χ4v) is 2.75. The van der Waals surface area contributed by atoms with Crippen molar-refractivity contribution in [2.45, 2.75) is 38.9 Å². The summed E-state index contributed by atoms with van der Waals surface area (Å²) in [5.41, 5.74) is 1.81. The highest BCUT2D eigenvalue weighted by Crippen LogP contribution is 2.40. The van der Waals surface area contributed by atoms with Gasteiger partial charge in [0.25, 0.3) is 0 Å². The zero-order valence-electron chi connectivity index (χ0n) is 11.8. The molecule has 1 aliphatic rings. The second-order valence-electron chi connectivity index (χ2n) is 5.64. The predicted octanol–water partition coefficient (Wildman–Crippen LogP) is 2.35. The van der Waals surface area contributed by atoms with Crippen LogP contribution in [0.25, 0.3) is 0 Å². The molecule has 0 aromatic heterocycles. The van der Waals surface area contributed by atoms with Crippen LogP contribution in [0.5, 0.6) is 11.5 Å². The number of fused-ring (bicyclic) bond motifs is 1. The Morgan fingerprint density at radius 2 is 2.11 bits per heavy atom. The number of phenolic OH excluding ortho intramolecular Hbond substituents is 2. The van der Waals surface area contributed by atoms with Crippen LogP contribution in [0, 0.1) is 5.92 Å². The first kappa shape index (κ1) is 14.2. The molecule has 0 saturated carbocycles. The minimum Gasteiger partial charge on any atom is -0.504 e. The van der Waals surface area contributed by atoms with Gasteiger partial charge in [0.2, 0.25) is 0 Å². The summed E-state index contributed by atoms with van der Waals surface area (Å²) in [7, 11) is 1.88. The fraction of sp³-hybridized carbons (Fsp3) is 0.600. The average Bonchev–Trinajstić information content (AvgIpc) is 2.34. The second kappa shape index (κ2) is 5.80. The van der Waals surface area contributed by atoms with E-state index in [1.165, 1.54) is 6.07 Å². The number of likely N-dealkylation sites (N-methyl/N-ethyl adjacent to an activating group) is 1. The fourth-order valence-electron chi connectivity index (χ4n) is 2.75. The van der Waals surface area contributed by atoms with E-state index >= 15 is 0 Å². The molecule has 3 N–H and O–H groups in total. The zero-order chi connectivity index (χ0) is 14.0. The van der Waals surface area contributed by atoms with Crippen molar-refractivity contribution in [3.63, 3.8) is 0 Å². The van der Waals surface area contributed by atoms with E-state index in [-0.39, 0.29) is 23.7 Å². The summed E-state index contributed by atoms with van der Waals surface area (Å²) in [6.45, 7) is 5.02. The molecule has 4 heteroatoms. The Morgan fingerprint density at radius 3 is 2.74 bits per heavy atom. The van der Waals surface area contributed by atoms with Gasteiger partial charge in [-0.15, -0.1) is 0 Å². The quantitative estimate of drug-likeness (QED) is 0.731. The normalized spacial score (nSPS) is 22.5. The maximum absolute atomic E-state index is 10.1. The molecule has 0 aliphatic carbocycles. The van der Waals surface area contributed by atoms with Gasteiger partial charge in [0.1, 0.15) is 0 Å². The Kier molecular flexibility index (Phi) is 4.32. The molecule has 1 aromatic carbocycles. The summed E-state index contributed by atoms with van der Waals surface area (Å²) >= 11 is 0. The van der Waals surface area contributed by atoms with Crippen molar-refractivity contribution in [1.29, 1.82) is 0 Å². The van der Waals surface area contributed by atoms with Crippen LogP contribution in [0.2, 0.25) is 0 Å². The predicted molar refractivity (Wildman–Crippen MR) is 74.5 cm³/mol. The van der Waals surface area contributed by atoms with Crippen LogP contribution in [-0.4, -0.2) is 29.9 Å². The lowest BCUT2D eigenvalue weighted by atomic mass is 9.90. The van der Waals surface area contributed by atoms with Gasteiger partial charge in [0, 0.05) is 18.5 Å². The van der Waals surface area contributed by atoms with Crippen LogP contribution in [0.1, 0.15) is 37.5 Å². The average molecular weight is 265 g/mol. The van der Waals surface area contributed by atoms with Crippen LogP contribution < -0.4 is 5.32 Å². The third-order valence-electron chi connectivity index (χ3n) is 3.56. The van der Waals surface area contributed by atoms with E-state index < -0.39 is 0 Å². The Bertz CT molecular complexity index is 445. The molecule has 2 rings (SSSR count). The first-order valence-electron chi connectivity index (χ1n) is 6.86. The van der Waals surface area contributed by atoms with Gasteiger partial charge in [-0.05, 0) is 31.0 Å². The lowest BCUT2D eigenvalue weighted by Crippen LogP contribution is -2.32. The summed E-state index contributed by atoms with van der Waals surface area (Å²) in [4.78, 5) is 0. The summed E-state index contributed by atoms with van der Waals surface area (Å²) < 4.78 is 6.10. The van der Waals surface area contributed by atoms with Crippen LogP contribution in [0.4, 0.5) is 0 Å². The van der Waals surface area contributed by atoms with E-state index in [2.05, 4.69) is 19.2 Å². The van der Waals surface area contributed by atoms with Crippen molar-refractivity contribution in [3.05, 3.63) is 23.3 Å². The Labute approximate surface area is 114 Å².